The van der Waals surface area contributed by atoms with Gasteiger partial charge in [0.05, 0.1) is 30.0 Å². The first-order chi connectivity index (χ1) is 21.5. The predicted octanol–water partition coefficient (Wildman–Crippen LogP) is 7.48. The van der Waals surface area contributed by atoms with Gasteiger partial charge in [-0.1, -0.05) is 125 Å². The van der Waals surface area contributed by atoms with Crippen molar-refractivity contribution < 1.29 is 14.4 Å². The summed E-state index contributed by atoms with van der Waals surface area (Å²) in [7, 11) is 0. The minimum atomic E-state index is -1.50. The number of hydrogen-bond donors (Lipinski definition) is 0. The Bertz CT molecular complexity index is 2050. The first-order valence-electron chi connectivity index (χ1n) is 14.5. The molecule has 1 atom stereocenters. The van der Waals surface area contributed by atoms with E-state index in [0.29, 0.717) is 39.8 Å². The third-order valence-corrected chi connectivity index (χ3v) is 9.60. The highest BCUT2D eigenvalue weighted by molar-refractivity contribution is 9.10. The Kier molecular flexibility index (Phi) is 6.03. The van der Waals surface area contributed by atoms with Gasteiger partial charge in [-0.3, -0.25) is 14.4 Å². The van der Waals surface area contributed by atoms with Gasteiger partial charge in [0, 0.05) is 26.7 Å². The smallest absolute Gasteiger partial charge is 0.259 e. The van der Waals surface area contributed by atoms with Gasteiger partial charge in [0.25, 0.3) is 5.91 Å². The molecule has 0 radical (unpaired) electrons. The summed E-state index contributed by atoms with van der Waals surface area (Å²) >= 11 is 3.78. The second-order valence-corrected chi connectivity index (χ2v) is 12.1. The van der Waals surface area contributed by atoms with E-state index in [1.54, 1.807) is 15.9 Å². The molecule has 0 N–H and O–H groups in total. The summed E-state index contributed by atoms with van der Waals surface area (Å²) in [6.45, 7) is 0.671. The number of benzene rings is 5. The van der Waals surface area contributed by atoms with Crippen LogP contribution in [0.5, 0.6) is 0 Å². The summed E-state index contributed by atoms with van der Waals surface area (Å²) < 4.78 is 0.710. The Morgan fingerprint density at radius 3 is 1.84 bits per heavy atom. The summed E-state index contributed by atoms with van der Waals surface area (Å²) in [4.78, 5) is 48.0. The number of nitrogens with zero attached hydrogens (tertiary/aromatic N) is 2. The van der Waals surface area contributed by atoms with Crippen molar-refractivity contribution in [3.05, 3.63) is 171 Å². The standard InChI is InChI=1S/C38H25BrN2O3/c39-29-19-11-21-31-33(29)38(37(44)41(31)23-25-14-5-2-6-15-25)28-18-9-7-16-26(28)35(42)34(38)32-27-17-8-10-20-30(27)40(36(32)43)22-24-12-3-1-4-13-24/h1-21H,22-23H2/b34-32-. The highest BCUT2D eigenvalue weighted by Gasteiger charge is 2.63. The van der Waals surface area contributed by atoms with Crippen LogP contribution in [0.1, 0.15) is 38.2 Å². The molecule has 0 aromatic heterocycles. The average Bonchev–Trinajstić information content (AvgIpc) is 3.58. The maximum atomic E-state index is 15.2. The van der Waals surface area contributed by atoms with Crippen LogP contribution in [0, 0.1) is 0 Å². The third-order valence-electron chi connectivity index (χ3n) is 8.94. The van der Waals surface area contributed by atoms with Gasteiger partial charge in [0.1, 0.15) is 5.41 Å². The monoisotopic (exact) mass is 636 g/mol. The number of fused-ring (bicyclic) bond motifs is 5. The number of anilines is 2. The van der Waals surface area contributed by atoms with Crippen molar-refractivity contribution in [2.75, 3.05) is 9.80 Å². The first-order valence-corrected chi connectivity index (χ1v) is 15.3. The summed E-state index contributed by atoms with van der Waals surface area (Å²) in [6, 6.07) is 40.2. The fourth-order valence-corrected chi connectivity index (χ4v) is 7.78. The zero-order valence-electron chi connectivity index (χ0n) is 23.5. The van der Waals surface area contributed by atoms with Crippen molar-refractivity contribution in [2.24, 2.45) is 0 Å². The summed E-state index contributed by atoms with van der Waals surface area (Å²) in [6.07, 6.45) is 0. The van der Waals surface area contributed by atoms with E-state index < -0.39 is 5.41 Å². The normalized spacial score (nSPS) is 20.0. The lowest BCUT2D eigenvalue weighted by Crippen LogP contribution is -2.42. The van der Waals surface area contributed by atoms with Gasteiger partial charge in [-0.2, -0.15) is 0 Å². The lowest BCUT2D eigenvalue weighted by atomic mass is 9.71. The first kappa shape index (κ1) is 26.5. The van der Waals surface area contributed by atoms with Crippen LogP contribution in [0.2, 0.25) is 0 Å². The summed E-state index contributed by atoms with van der Waals surface area (Å²) in [5, 5.41) is 0. The topological polar surface area (TPSA) is 57.7 Å². The van der Waals surface area contributed by atoms with E-state index in [0.717, 1.165) is 22.5 Å². The van der Waals surface area contributed by atoms with Crippen LogP contribution in [0.3, 0.4) is 0 Å². The molecule has 0 fully saturated rings. The zero-order chi connectivity index (χ0) is 30.0. The van der Waals surface area contributed by atoms with E-state index in [1.807, 2.05) is 121 Å². The van der Waals surface area contributed by atoms with Crippen LogP contribution < -0.4 is 9.80 Å². The second-order valence-electron chi connectivity index (χ2n) is 11.3. The van der Waals surface area contributed by atoms with Crippen LogP contribution in [-0.2, 0) is 28.1 Å². The van der Waals surface area contributed by atoms with Crippen molar-refractivity contribution in [1.82, 2.24) is 0 Å². The van der Waals surface area contributed by atoms with E-state index in [9.17, 15) is 9.59 Å². The Balaban J connectivity index is 1.42. The number of halogens is 1. The molecular formula is C38H25BrN2O3. The molecule has 2 heterocycles. The van der Waals surface area contributed by atoms with Crippen LogP contribution in [-0.4, -0.2) is 17.6 Å². The maximum Gasteiger partial charge on any atom is 0.259 e. The number of Topliss-reactive ketones (excluding diaryl/α,β-unsaturated/α-hetero) is 1. The average molecular weight is 638 g/mol. The molecule has 5 aromatic rings. The maximum absolute atomic E-state index is 15.2. The molecule has 8 rings (SSSR count). The fraction of sp³-hybridized carbons (Fsp3) is 0.0789. The molecule has 5 aromatic carbocycles. The molecule has 2 aliphatic heterocycles. The molecule has 44 heavy (non-hydrogen) atoms. The van der Waals surface area contributed by atoms with Crippen molar-refractivity contribution in [2.45, 2.75) is 18.5 Å². The second kappa shape index (κ2) is 10.00. The van der Waals surface area contributed by atoms with Crippen LogP contribution in [0.25, 0.3) is 5.57 Å². The number of amides is 2. The minimum Gasteiger partial charge on any atom is -0.306 e. The highest BCUT2D eigenvalue weighted by atomic mass is 79.9. The largest absolute Gasteiger partial charge is 0.306 e. The lowest BCUT2D eigenvalue weighted by Gasteiger charge is -2.28. The van der Waals surface area contributed by atoms with Crippen LogP contribution >= 0.6 is 15.9 Å². The van der Waals surface area contributed by atoms with Gasteiger partial charge in [-0.05, 0) is 34.9 Å². The van der Waals surface area contributed by atoms with Crippen molar-refractivity contribution in [3.63, 3.8) is 0 Å². The van der Waals surface area contributed by atoms with Crippen molar-refractivity contribution >= 4 is 50.5 Å². The SMILES string of the molecule is O=C1/C(=C2/C(=O)N(Cc3ccccc3)c3ccccc32)C2(C(=O)N(Cc3ccccc3)c3cccc(Br)c32)c2ccccc21. The molecular weight excluding hydrogens is 612 g/mol. The Hall–Kier alpha value is -5.07. The summed E-state index contributed by atoms with van der Waals surface area (Å²) in [5.74, 6) is -0.818. The van der Waals surface area contributed by atoms with Gasteiger partial charge in [0.15, 0.2) is 5.78 Å². The quantitative estimate of drug-likeness (QED) is 0.192. The molecule has 1 aliphatic carbocycles. The third kappa shape index (κ3) is 3.61. The molecule has 1 unspecified atom stereocenters. The van der Waals surface area contributed by atoms with Crippen LogP contribution in [0.4, 0.5) is 11.4 Å². The van der Waals surface area contributed by atoms with E-state index >= 15 is 4.79 Å². The predicted molar refractivity (Wildman–Crippen MR) is 174 cm³/mol. The number of rotatable bonds is 4. The number of para-hydroxylation sites is 1. The van der Waals surface area contributed by atoms with E-state index in [4.69, 9.17) is 0 Å². The van der Waals surface area contributed by atoms with Crippen molar-refractivity contribution in [1.29, 1.82) is 0 Å². The molecule has 5 nitrogen and oxygen atoms in total. The molecule has 212 valence electrons. The highest BCUT2D eigenvalue weighted by Crippen LogP contribution is 2.60. The van der Waals surface area contributed by atoms with Gasteiger partial charge >= 0.3 is 0 Å². The van der Waals surface area contributed by atoms with E-state index in [-0.39, 0.29) is 28.7 Å². The zero-order valence-corrected chi connectivity index (χ0v) is 25.1. The Morgan fingerprint density at radius 1 is 0.568 bits per heavy atom. The molecule has 0 bridgehead atoms. The number of carbonyl (C=O) groups excluding carboxylic acids is 3. The molecule has 0 saturated heterocycles. The van der Waals surface area contributed by atoms with E-state index in [2.05, 4.69) is 15.9 Å². The lowest BCUT2D eigenvalue weighted by molar-refractivity contribution is -0.120. The van der Waals surface area contributed by atoms with Gasteiger partial charge < -0.3 is 9.80 Å². The molecule has 2 amide bonds. The summed E-state index contributed by atoms with van der Waals surface area (Å²) in [5.41, 5.74) is 4.78. The van der Waals surface area contributed by atoms with Gasteiger partial charge in [-0.25, -0.2) is 0 Å². The van der Waals surface area contributed by atoms with E-state index in [1.165, 1.54) is 0 Å². The Morgan fingerprint density at radius 2 is 1.14 bits per heavy atom. The molecule has 0 saturated carbocycles. The Labute approximate surface area is 263 Å². The van der Waals surface area contributed by atoms with Crippen molar-refractivity contribution in [3.8, 4) is 0 Å². The van der Waals surface area contributed by atoms with Gasteiger partial charge in [0.2, 0.25) is 5.91 Å². The van der Waals surface area contributed by atoms with Crippen LogP contribution in [0.15, 0.2) is 137 Å². The number of hydrogen-bond acceptors (Lipinski definition) is 3. The molecule has 3 aliphatic rings. The molecule has 6 heteroatoms. The fourth-order valence-electron chi connectivity index (χ4n) is 7.13. The number of ketones is 1. The van der Waals surface area contributed by atoms with Gasteiger partial charge in [-0.15, -0.1) is 0 Å². The molecule has 1 spiro atoms. The minimum absolute atomic E-state index is 0.223. The number of carbonyl (C=O) groups is 3.